The van der Waals surface area contributed by atoms with Crippen LogP contribution in [0.1, 0.15) is 45.1 Å². The molecule has 4 rings (SSSR count). The third-order valence-electron chi connectivity index (χ3n) is 5.52. The fourth-order valence-corrected chi connectivity index (χ4v) is 4.53. The molecule has 0 atom stereocenters. The van der Waals surface area contributed by atoms with Crippen molar-refractivity contribution < 1.29 is 13.9 Å². The highest BCUT2D eigenvalue weighted by atomic mass is 79.9. The second kappa shape index (κ2) is 8.40. The number of hydrogen-bond donors (Lipinski definition) is 1. The first-order valence-electron chi connectivity index (χ1n) is 10.1. The molecule has 0 radical (unpaired) electrons. The van der Waals surface area contributed by atoms with Gasteiger partial charge in [-0.2, -0.15) is 0 Å². The van der Waals surface area contributed by atoms with Gasteiger partial charge >= 0.3 is 0 Å². The first-order chi connectivity index (χ1) is 13.9. The fraction of sp³-hybridized carbons (Fsp3) is 0.455. The van der Waals surface area contributed by atoms with Gasteiger partial charge in [-0.15, -0.1) is 0 Å². The number of anilines is 3. The van der Waals surface area contributed by atoms with Crippen LogP contribution in [-0.2, 0) is 16.1 Å². The maximum atomic E-state index is 13.8. The van der Waals surface area contributed by atoms with Crippen LogP contribution in [0.15, 0.2) is 34.9 Å². The lowest BCUT2D eigenvalue weighted by molar-refractivity contribution is -0.124. The van der Waals surface area contributed by atoms with E-state index in [0.717, 1.165) is 41.5 Å². The van der Waals surface area contributed by atoms with E-state index < -0.39 is 5.82 Å². The summed E-state index contributed by atoms with van der Waals surface area (Å²) < 4.78 is 20.6. The molecule has 2 aliphatic rings. The molecular formula is C22H25BrFN3O2. The number of rotatable bonds is 3. The van der Waals surface area contributed by atoms with Crippen molar-refractivity contribution in [2.45, 2.75) is 58.3 Å². The van der Waals surface area contributed by atoms with Crippen molar-refractivity contribution in [2.75, 3.05) is 10.2 Å². The molecule has 154 valence electrons. The molecule has 1 aromatic heterocycles. The van der Waals surface area contributed by atoms with E-state index in [-0.39, 0.29) is 30.6 Å². The average Bonchev–Trinajstić information content (AvgIpc) is 2.84. The third kappa shape index (κ3) is 4.46. The zero-order valence-electron chi connectivity index (χ0n) is 16.6. The van der Waals surface area contributed by atoms with Gasteiger partial charge in [0.15, 0.2) is 0 Å². The molecule has 0 saturated heterocycles. The number of nitrogens with zero attached hydrogens (tertiary/aromatic N) is 2. The Bertz CT molecular complexity index is 913. The topological polar surface area (TPSA) is 54.5 Å². The van der Waals surface area contributed by atoms with Gasteiger partial charge in [0.2, 0.25) is 5.91 Å². The number of carbonyl (C=O) groups is 1. The van der Waals surface area contributed by atoms with E-state index in [9.17, 15) is 9.18 Å². The Morgan fingerprint density at radius 3 is 2.76 bits per heavy atom. The summed E-state index contributed by atoms with van der Waals surface area (Å²) in [4.78, 5) is 19.5. The van der Waals surface area contributed by atoms with Crippen LogP contribution >= 0.6 is 15.9 Å². The van der Waals surface area contributed by atoms with Crippen LogP contribution in [0.5, 0.6) is 0 Å². The Morgan fingerprint density at radius 1 is 1.28 bits per heavy atom. The normalized spacial score (nSPS) is 21.2. The number of ether oxygens (including phenoxy) is 1. The molecular weight excluding hydrogens is 437 g/mol. The molecule has 0 unspecified atom stereocenters. The molecule has 2 aromatic rings. The van der Waals surface area contributed by atoms with Crippen molar-refractivity contribution >= 4 is 39.0 Å². The van der Waals surface area contributed by atoms with E-state index >= 15 is 0 Å². The van der Waals surface area contributed by atoms with Gasteiger partial charge in [-0.25, -0.2) is 9.37 Å². The molecule has 1 N–H and O–H groups in total. The monoisotopic (exact) mass is 461 g/mol. The summed E-state index contributed by atoms with van der Waals surface area (Å²) in [6.45, 7) is 4.37. The van der Waals surface area contributed by atoms with Crippen molar-refractivity contribution in [3.8, 4) is 0 Å². The molecule has 29 heavy (non-hydrogen) atoms. The third-order valence-corrected chi connectivity index (χ3v) is 6.01. The molecule has 1 aliphatic heterocycles. The van der Waals surface area contributed by atoms with E-state index in [0.29, 0.717) is 11.4 Å². The number of halogens is 2. The number of nitrogens with one attached hydrogen (secondary N) is 1. The predicted octanol–water partition coefficient (Wildman–Crippen LogP) is 5.56. The predicted molar refractivity (Wildman–Crippen MR) is 115 cm³/mol. The van der Waals surface area contributed by atoms with Gasteiger partial charge in [0.05, 0.1) is 36.3 Å². The van der Waals surface area contributed by atoms with Crippen molar-refractivity contribution in [1.82, 2.24) is 4.98 Å². The van der Waals surface area contributed by atoms with Crippen LogP contribution in [0.3, 0.4) is 0 Å². The maximum Gasteiger partial charge on any atom is 0.230 e. The number of pyridine rings is 1. The molecule has 2 heterocycles. The quantitative estimate of drug-likeness (QED) is 0.649. The molecule has 1 amide bonds. The number of fused-ring (bicyclic) bond motifs is 2. The smallest absolute Gasteiger partial charge is 0.230 e. The fourth-order valence-electron chi connectivity index (χ4n) is 4.18. The highest BCUT2D eigenvalue weighted by molar-refractivity contribution is 9.10. The van der Waals surface area contributed by atoms with Crippen molar-refractivity contribution in [3.63, 3.8) is 0 Å². The van der Waals surface area contributed by atoms with E-state index in [4.69, 9.17) is 4.74 Å². The van der Waals surface area contributed by atoms with Gasteiger partial charge in [-0.05, 0) is 63.8 Å². The van der Waals surface area contributed by atoms with E-state index in [1.807, 2.05) is 32.0 Å². The molecule has 0 spiro atoms. The molecule has 5 nitrogen and oxygen atoms in total. The first kappa shape index (κ1) is 20.3. The van der Waals surface area contributed by atoms with Gasteiger partial charge < -0.3 is 15.0 Å². The Labute approximate surface area is 178 Å². The van der Waals surface area contributed by atoms with Crippen LogP contribution in [0.2, 0.25) is 0 Å². The first-order valence-corrected chi connectivity index (χ1v) is 10.9. The molecule has 1 aromatic carbocycles. The lowest BCUT2D eigenvalue weighted by atomic mass is 9.86. The maximum absolute atomic E-state index is 13.8. The summed E-state index contributed by atoms with van der Waals surface area (Å²) in [5, 5.41) is 3.26. The van der Waals surface area contributed by atoms with Crippen LogP contribution in [-0.4, -0.2) is 23.1 Å². The summed E-state index contributed by atoms with van der Waals surface area (Å²) in [6, 6.07) is 7.20. The molecule has 1 aliphatic carbocycles. The number of carbonyl (C=O) groups excluding carboxylic acids is 1. The van der Waals surface area contributed by atoms with E-state index in [2.05, 4.69) is 26.2 Å². The highest BCUT2D eigenvalue weighted by Gasteiger charge is 2.33. The van der Waals surface area contributed by atoms with E-state index in [1.54, 1.807) is 4.90 Å². The minimum absolute atomic E-state index is 0.0584. The molecule has 0 bridgehead atoms. The van der Waals surface area contributed by atoms with Crippen molar-refractivity contribution in [3.05, 3.63) is 46.3 Å². The summed E-state index contributed by atoms with van der Waals surface area (Å²) >= 11 is 3.51. The Hall–Kier alpha value is -1.99. The van der Waals surface area contributed by atoms with Gasteiger partial charge in [-0.3, -0.25) is 4.79 Å². The lowest BCUT2D eigenvalue weighted by Crippen LogP contribution is -2.38. The zero-order chi connectivity index (χ0) is 20.5. The van der Waals surface area contributed by atoms with Crippen molar-refractivity contribution in [1.29, 1.82) is 0 Å². The highest BCUT2D eigenvalue weighted by Crippen LogP contribution is 2.39. The average molecular weight is 462 g/mol. The Kier molecular flexibility index (Phi) is 5.88. The molecule has 1 saturated carbocycles. The van der Waals surface area contributed by atoms with Crippen molar-refractivity contribution in [2.24, 2.45) is 5.92 Å². The molecule has 1 fully saturated rings. The van der Waals surface area contributed by atoms with Gasteiger partial charge in [0.1, 0.15) is 11.6 Å². The van der Waals surface area contributed by atoms with Crippen LogP contribution in [0, 0.1) is 11.7 Å². The largest absolute Gasteiger partial charge is 0.376 e. The number of hydrogen-bond acceptors (Lipinski definition) is 4. The lowest BCUT2D eigenvalue weighted by Gasteiger charge is -2.33. The van der Waals surface area contributed by atoms with E-state index in [1.165, 1.54) is 12.3 Å². The van der Waals surface area contributed by atoms with Gasteiger partial charge in [0, 0.05) is 16.0 Å². The number of benzene rings is 1. The minimum Gasteiger partial charge on any atom is -0.376 e. The SMILES string of the molecule is CC(C)OC1CCC(C(=O)N2Cc3cc(F)cnc3Nc3ccc(Br)cc32)CC1. The van der Waals surface area contributed by atoms with Gasteiger partial charge in [0.25, 0.3) is 0 Å². The summed E-state index contributed by atoms with van der Waals surface area (Å²) in [7, 11) is 0. The van der Waals surface area contributed by atoms with Crippen LogP contribution < -0.4 is 10.2 Å². The summed E-state index contributed by atoms with van der Waals surface area (Å²) in [5.41, 5.74) is 2.24. The number of amides is 1. The second-order valence-electron chi connectivity index (χ2n) is 8.03. The Balaban J connectivity index is 1.61. The zero-order valence-corrected chi connectivity index (χ0v) is 18.2. The van der Waals surface area contributed by atoms with Gasteiger partial charge in [-0.1, -0.05) is 15.9 Å². The number of aromatic nitrogens is 1. The molecule has 7 heteroatoms. The summed E-state index contributed by atoms with van der Waals surface area (Å²) in [6.07, 6.45) is 5.00. The van der Waals surface area contributed by atoms with Crippen LogP contribution in [0.4, 0.5) is 21.6 Å². The summed E-state index contributed by atoms with van der Waals surface area (Å²) in [5.74, 6) is 0.193. The standard InChI is InChI=1S/C22H25BrFN3O2/c1-13(2)29-18-6-3-14(4-7-18)22(28)27-12-15-9-17(24)11-25-21(15)26-19-8-5-16(23)10-20(19)27/h5,8-11,13-14,18H,3-4,6-7,12H2,1-2H3,(H,25,26). The second-order valence-corrected chi connectivity index (χ2v) is 8.95. The Morgan fingerprint density at radius 2 is 2.03 bits per heavy atom. The minimum atomic E-state index is -0.406. The van der Waals surface area contributed by atoms with Crippen LogP contribution in [0.25, 0.3) is 0 Å².